The average Bonchev–Trinajstić information content (AvgIpc) is 2.46. The summed E-state index contributed by atoms with van der Waals surface area (Å²) < 4.78 is 16.3. The van der Waals surface area contributed by atoms with E-state index < -0.39 is 0 Å². The summed E-state index contributed by atoms with van der Waals surface area (Å²) in [6.45, 7) is 1.93. The Morgan fingerprint density at radius 1 is 1.22 bits per heavy atom. The zero-order chi connectivity index (χ0) is 12.8. The van der Waals surface area contributed by atoms with Gasteiger partial charge in [0, 0.05) is 13.1 Å². The van der Waals surface area contributed by atoms with Gasteiger partial charge in [0.1, 0.15) is 24.2 Å². The first-order valence-corrected chi connectivity index (χ1v) is 6.05. The Bertz CT molecular complexity index is 355. The van der Waals surface area contributed by atoms with Crippen molar-refractivity contribution in [1.82, 2.24) is 5.32 Å². The molecule has 1 aliphatic rings. The van der Waals surface area contributed by atoms with Gasteiger partial charge in [-0.3, -0.25) is 0 Å². The highest BCUT2D eigenvalue weighted by Gasteiger charge is 2.21. The number of hydrogen-bond acceptors (Lipinski definition) is 5. The molecular formula is C13H19NO4. The van der Waals surface area contributed by atoms with Crippen LogP contribution in [0.4, 0.5) is 0 Å². The van der Waals surface area contributed by atoms with Crippen molar-refractivity contribution in [3.8, 4) is 11.5 Å². The van der Waals surface area contributed by atoms with Gasteiger partial charge in [-0.2, -0.15) is 0 Å². The molecular weight excluding hydrogens is 234 g/mol. The summed E-state index contributed by atoms with van der Waals surface area (Å²) in [5.41, 5.74) is 0. The molecule has 0 aliphatic carbocycles. The van der Waals surface area contributed by atoms with E-state index in [4.69, 9.17) is 19.3 Å². The van der Waals surface area contributed by atoms with E-state index in [2.05, 4.69) is 5.32 Å². The molecule has 1 aliphatic heterocycles. The number of rotatable bonds is 5. The quantitative estimate of drug-likeness (QED) is 0.796. The summed E-state index contributed by atoms with van der Waals surface area (Å²) in [7, 11) is 1.63. The number of aliphatic hydroxyl groups excluding tert-OH is 1. The van der Waals surface area contributed by atoms with E-state index in [0.717, 1.165) is 18.0 Å². The zero-order valence-electron chi connectivity index (χ0n) is 10.5. The maximum atomic E-state index is 9.03. The summed E-state index contributed by atoms with van der Waals surface area (Å²) in [4.78, 5) is 0. The molecule has 2 N–H and O–H groups in total. The second kappa shape index (κ2) is 6.58. The lowest BCUT2D eigenvalue weighted by Gasteiger charge is -2.29. The molecule has 5 heteroatoms. The Balaban J connectivity index is 1.79. The van der Waals surface area contributed by atoms with Gasteiger partial charge in [0.25, 0.3) is 0 Å². The smallest absolute Gasteiger partial charge is 0.119 e. The minimum absolute atomic E-state index is 0.0296. The number of aliphatic hydroxyl groups is 1. The molecule has 1 fully saturated rings. The van der Waals surface area contributed by atoms with Gasteiger partial charge in [-0.05, 0) is 24.3 Å². The fourth-order valence-electron chi connectivity index (χ4n) is 1.84. The van der Waals surface area contributed by atoms with Crippen LogP contribution in [0, 0.1) is 0 Å². The minimum Gasteiger partial charge on any atom is -0.497 e. The van der Waals surface area contributed by atoms with Crippen molar-refractivity contribution in [3.05, 3.63) is 24.3 Å². The van der Waals surface area contributed by atoms with Crippen LogP contribution in [0.15, 0.2) is 24.3 Å². The monoisotopic (exact) mass is 253 g/mol. The average molecular weight is 253 g/mol. The van der Waals surface area contributed by atoms with Gasteiger partial charge < -0.3 is 24.6 Å². The first-order valence-electron chi connectivity index (χ1n) is 6.05. The molecule has 0 amide bonds. The molecule has 0 spiro atoms. The maximum absolute atomic E-state index is 9.03. The summed E-state index contributed by atoms with van der Waals surface area (Å²) in [6.07, 6.45) is -0.166. The first kappa shape index (κ1) is 13.1. The number of methoxy groups -OCH3 is 1. The molecule has 0 aromatic heterocycles. The van der Waals surface area contributed by atoms with E-state index >= 15 is 0 Å². The largest absolute Gasteiger partial charge is 0.497 e. The fourth-order valence-corrected chi connectivity index (χ4v) is 1.84. The Hall–Kier alpha value is -1.30. The van der Waals surface area contributed by atoms with Crippen molar-refractivity contribution in [2.45, 2.75) is 12.2 Å². The molecule has 1 aromatic rings. The Kier molecular flexibility index (Phi) is 4.81. The van der Waals surface area contributed by atoms with Gasteiger partial charge in [0.2, 0.25) is 0 Å². The molecule has 1 saturated heterocycles. The zero-order valence-corrected chi connectivity index (χ0v) is 10.5. The summed E-state index contributed by atoms with van der Waals surface area (Å²) in [5, 5.41) is 12.2. The van der Waals surface area contributed by atoms with Crippen molar-refractivity contribution >= 4 is 0 Å². The molecule has 5 nitrogen and oxygen atoms in total. The molecule has 2 rings (SSSR count). The number of nitrogens with one attached hydrogen (secondary N) is 1. The topological polar surface area (TPSA) is 60.0 Å². The van der Waals surface area contributed by atoms with Crippen molar-refractivity contribution in [2.75, 3.05) is 33.4 Å². The van der Waals surface area contributed by atoms with Crippen LogP contribution in [0.1, 0.15) is 0 Å². The highest BCUT2D eigenvalue weighted by Crippen LogP contribution is 2.17. The fraction of sp³-hybridized carbons (Fsp3) is 0.538. The van der Waals surface area contributed by atoms with E-state index in [-0.39, 0.29) is 18.8 Å². The van der Waals surface area contributed by atoms with E-state index in [1.54, 1.807) is 7.11 Å². The van der Waals surface area contributed by atoms with Crippen LogP contribution in [0.5, 0.6) is 11.5 Å². The lowest BCUT2D eigenvalue weighted by Crippen LogP contribution is -2.48. The Labute approximate surface area is 107 Å². The standard InChI is InChI=1S/C13H19NO4/c1-16-10-2-4-11(5-3-10)17-9-13-7-14-6-12(8-15)18-13/h2-5,12-15H,6-9H2,1H3. The lowest BCUT2D eigenvalue weighted by atomic mass is 10.2. The second-order valence-electron chi connectivity index (χ2n) is 4.21. The lowest BCUT2D eigenvalue weighted by molar-refractivity contribution is -0.0750. The number of hydrogen-bond donors (Lipinski definition) is 2. The highest BCUT2D eigenvalue weighted by molar-refractivity contribution is 5.31. The molecule has 0 bridgehead atoms. The predicted molar refractivity (Wildman–Crippen MR) is 67.1 cm³/mol. The number of morpholine rings is 1. The summed E-state index contributed by atoms with van der Waals surface area (Å²) in [5.74, 6) is 1.59. The number of ether oxygens (including phenoxy) is 3. The second-order valence-corrected chi connectivity index (χ2v) is 4.21. The first-order chi connectivity index (χ1) is 8.81. The third-order valence-electron chi connectivity index (χ3n) is 2.83. The molecule has 0 radical (unpaired) electrons. The molecule has 100 valence electrons. The van der Waals surface area contributed by atoms with Crippen LogP contribution in [-0.2, 0) is 4.74 Å². The third-order valence-corrected chi connectivity index (χ3v) is 2.83. The van der Waals surface area contributed by atoms with Crippen molar-refractivity contribution in [1.29, 1.82) is 0 Å². The van der Waals surface area contributed by atoms with Crippen LogP contribution in [0.3, 0.4) is 0 Å². The SMILES string of the molecule is COc1ccc(OCC2CNCC(CO)O2)cc1. The van der Waals surface area contributed by atoms with Crippen molar-refractivity contribution < 1.29 is 19.3 Å². The van der Waals surface area contributed by atoms with E-state index in [9.17, 15) is 0 Å². The van der Waals surface area contributed by atoms with Gasteiger partial charge in [-0.25, -0.2) is 0 Å². The Morgan fingerprint density at radius 2 is 1.89 bits per heavy atom. The molecule has 2 atom stereocenters. The van der Waals surface area contributed by atoms with Gasteiger partial charge >= 0.3 is 0 Å². The highest BCUT2D eigenvalue weighted by atomic mass is 16.5. The van der Waals surface area contributed by atoms with Crippen LogP contribution in [0.2, 0.25) is 0 Å². The number of benzene rings is 1. The van der Waals surface area contributed by atoms with E-state index in [1.807, 2.05) is 24.3 Å². The minimum atomic E-state index is -0.136. The van der Waals surface area contributed by atoms with Crippen molar-refractivity contribution in [3.63, 3.8) is 0 Å². The third kappa shape index (κ3) is 3.60. The van der Waals surface area contributed by atoms with Crippen LogP contribution in [-0.4, -0.2) is 50.7 Å². The molecule has 0 saturated carbocycles. The van der Waals surface area contributed by atoms with Gasteiger partial charge in [0.05, 0.1) is 19.8 Å². The van der Waals surface area contributed by atoms with Crippen LogP contribution in [0.25, 0.3) is 0 Å². The summed E-state index contributed by atoms with van der Waals surface area (Å²) in [6, 6.07) is 7.43. The van der Waals surface area contributed by atoms with E-state index in [0.29, 0.717) is 13.2 Å². The van der Waals surface area contributed by atoms with Crippen LogP contribution >= 0.6 is 0 Å². The predicted octanol–water partition coefficient (Wildman–Crippen LogP) is 0.423. The van der Waals surface area contributed by atoms with Gasteiger partial charge in [-0.15, -0.1) is 0 Å². The normalized spacial score (nSPS) is 23.7. The summed E-state index contributed by atoms with van der Waals surface area (Å²) >= 11 is 0. The van der Waals surface area contributed by atoms with Crippen molar-refractivity contribution in [2.24, 2.45) is 0 Å². The van der Waals surface area contributed by atoms with E-state index in [1.165, 1.54) is 0 Å². The van der Waals surface area contributed by atoms with Gasteiger partial charge in [-0.1, -0.05) is 0 Å². The van der Waals surface area contributed by atoms with Crippen LogP contribution < -0.4 is 14.8 Å². The maximum Gasteiger partial charge on any atom is 0.119 e. The molecule has 2 unspecified atom stereocenters. The Morgan fingerprint density at radius 3 is 2.56 bits per heavy atom. The molecule has 1 heterocycles. The van der Waals surface area contributed by atoms with Gasteiger partial charge in [0.15, 0.2) is 0 Å². The molecule has 1 aromatic carbocycles. The molecule has 18 heavy (non-hydrogen) atoms.